The molecule has 0 amide bonds. The Hall–Kier alpha value is -2.44. The highest BCUT2D eigenvalue weighted by Crippen LogP contribution is 2.24. The van der Waals surface area contributed by atoms with Gasteiger partial charge in [0.2, 0.25) is 0 Å². The average Bonchev–Trinajstić information content (AvgIpc) is 3.11. The summed E-state index contributed by atoms with van der Waals surface area (Å²) >= 11 is 0. The van der Waals surface area contributed by atoms with Crippen molar-refractivity contribution < 1.29 is 13.9 Å². The van der Waals surface area contributed by atoms with E-state index in [2.05, 4.69) is 4.99 Å². The fraction of sp³-hybridized carbons (Fsp3) is 0.381. The smallest absolute Gasteiger partial charge is 0.165 e. The summed E-state index contributed by atoms with van der Waals surface area (Å²) in [5.41, 5.74) is 3.03. The third-order valence-electron chi connectivity index (χ3n) is 4.95. The Kier molecular flexibility index (Phi) is 5.36. The Labute approximate surface area is 158 Å². The van der Waals surface area contributed by atoms with Crippen LogP contribution in [-0.4, -0.2) is 43.3 Å². The second-order valence-corrected chi connectivity index (χ2v) is 6.97. The van der Waals surface area contributed by atoms with Crippen molar-refractivity contribution in [3.63, 3.8) is 0 Å². The van der Waals surface area contributed by atoms with E-state index in [1.807, 2.05) is 30.3 Å². The van der Waals surface area contributed by atoms with Gasteiger partial charge >= 0.3 is 0 Å². The second-order valence-electron chi connectivity index (χ2n) is 6.97. The predicted octanol–water partition coefficient (Wildman–Crippen LogP) is 2.91. The summed E-state index contributed by atoms with van der Waals surface area (Å²) < 4.78 is 25.5. The number of amidine groups is 1. The summed E-state index contributed by atoms with van der Waals surface area (Å²) in [6.07, 6.45) is 2.30. The summed E-state index contributed by atoms with van der Waals surface area (Å²) in [5, 5.41) is 1.67. The largest absolute Gasteiger partial charge is 0.487 e. The molecule has 2 aliphatic rings. The van der Waals surface area contributed by atoms with E-state index in [0.717, 1.165) is 48.5 Å². The van der Waals surface area contributed by atoms with Crippen molar-refractivity contribution in [3.05, 3.63) is 65.0 Å². The fourth-order valence-electron chi connectivity index (χ4n) is 3.45. The van der Waals surface area contributed by atoms with Crippen LogP contribution in [0.1, 0.15) is 29.5 Å². The van der Waals surface area contributed by atoms with Gasteiger partial charge < -0.3 is 9.47 Å². The monoisotopic (exact) mass is 369 g/mol. The molecule has 2 aliphatic heterocycles. The maximum Gasteiger partial charge on any atom is 0.165 e. The lowest BCUT2D eigenvalue weighted by Crippen LogP contribution is -2.34. The van der Waals surface area contributed by atoms with Gasteiger partial charge in [0, 0.05) is 18.4 Å². The van der Waals surface area contributed by atoms with Gasteiger partial charge in [-0.15, -0.1) is 0 Å². The van der Waals surface area contributed by atoms with Gasteiger partial charge in [-0.3, -0.25) is 10.0 Å². The predicted molar refractivity (Wildman–Crippen MR) is 102 cm³/mol. The first-order valence-electron chi connectivity index (χ1n) is 9.38. The SMILES string of the molecule is NN1CCN=C1c1ccc(Cc2ccc(OC3CCOCC3)c(F)c2)cc1. The van der Waals surface area contributed by atoms with E-state index in [-0.39, 0.29) is 11.9 Å². The van der Waals surface area contributed by atoms with Gasteiger partial charge in [-0.1, -0.05) is 30.3 Å². The van der Waals surface area contributed by atoms with Gasteiger partial charge in [0.1, 0.15) is 11.9 Å². The van der Waals surface area contributed by atoms with Gasteiger partial charge in [-0.25, -0.2) is 10.2 Å². The van der Waals surface area contributed by atoms with Gasteiger partial charge in [-0.2, -0.15) is 0 Å². The maximum absolute atomic E-state index is 14.4. The first-order chi connectivity index (χ1) is 13.2. The van der Waals surface area contributed by atoms with Crippen molar-refractivity contribution >= 4 is 5.84 Å². The molecule has 0 aromatic heterocycles. The lowest BCUT2D eigenvalue weighted by atomic mass is 10.0. The van der Waals surface area contributed by atoms with Crippen LogP contribution in [-0.2, 0) is 11.2 Å². The van der Waals surface area contributed by atoms with Crippen LogP contribution in [0.3, 0.4) is 0 Å². The zero-order chi connectivity index (χ0) is 18.6. The summed E-state index contributed by atoms with van der Waals surface area (Å²) in [5.74, 6) is 6.75. The van der Waals surface area contributed by atoms with Crippen molar-refractivity contribution in [1.29, 1.82) is 0 Å². The normalized spacial score (nSPS) is 17.9. The minimum atomic E-state index is -0.310. The van der Waals surface area contributed by atoms with E-state index in [9.17, 15) is 4.39 Å². The molecule has 5 nitrogen and oxygen atoms in total. The topological polar surface area (TPSA) is 60.1 Å². The zero-order valence-corrected chi connectivity index (χ0v) is 15.2. The van der Waals surface area contributed by atoms with Gasteiger partial charge in [0.25, 0.3) is 0 Å². The van der Waals surface area contributed by atoms with Crippen LogP contribution in [0.5, 0.6) is 5.75 Å². The number of nitrogens with zero attached hydrogens (tertiary/aromatic N) is 2. The minimum absolute atomic E-state index is 0.0345. The molecule has 0 bridgehead atoms. The highest BCUT2D eigenvalue weighted by molar-refractivity contribution is 5.99. The van der Waals surface area contributed by atoms with E-state index < -0.39 is 0 Å². The van der Waals surface area contributed by atoms with Crippen LogP contribution in [0.25, 0.3) is 0 Å². The molecule has 0 saturated carbocycles. The van der Waals surface area contributed by atoms with Crippen LogP contribution >= 0.6 is 0 Å². The van der Waals surface area contributed by atoms with Gasteiger partial charge in [-0.05, 0) is 29.7 Å². The molecule has 2 N–H and O–H groups in total. The molecule has 6 heteroatoms. The quantitative estimate of drug-likeness (QED) is 0.824. The number of benzene rings is 2. The Morgan fingerprint density at radius 1 is 1.11 bits per heavy atom. The molecule has 142 valence electrons. The Balaban J connectivity index is 1.41. The number of halogens is 1. The van der Waals surface area contributed by atoms with Crippen LogP contribution in [0.2, 0.25) is 0 Å². The highest BCUT2D eigenvalue weighted by atomic mass is 19.1. The first-order valence-corrected chi connectivity index (χ1v) is 9.38. The van der Waals surface area contributed by atoms with E-state index in [0.29, 0.717) is 25.4 Å². The molecule has 1 saturated heterocycles. The molecule has 27 heavy (non-hydrogen) atoms. The molecule has 1 fully saturated rings. The number of hydrogen-bond acceptors (Lipinski definition) is 5. The minimum Gasteiger partial charge on any atom is -0.487 e. The fourth-order valence-corrected chi connectivity index (χ4v) is 3.45. The number of nitrogens with two attached hydrogens (primary N) is 1. The lowest BCUT2D eigenvalue weighted by Gasteiger charge is -2.23. The first kappa shape index (κ1) is 17.9. The Morgan fingerprint density at radius 2 is 1.85 bits per heavy atom. The Morgan fingerprint density at radius 3 is 2.52 bits per heavy atom. The third-order valence-corrected chi connectivity index (χ3v) is 4.95. The molecule has 0 unspecified atom stereocenters. The standard InChI is InChI=1S/C21H24FN3O2/c22-19-14-16(3-6-20(19)27-18-7-11-26-12-8-18)13-15-1-4-17(5-2-15)21-24-9-10-25(21)23/h1-6,14,18H,7-13,23H2. The van der Waals surface area contributed by atoms with Crippen molar-refractivity contribution in [2.24, 2.45) is 10.8 Å². The molecular formula is C21H24FN3O2. The molecule has 2 heterocycles. The van der Waals surface area contributed by atoms with Gasteiger partial charge in [0.15, 0.2) is 11.6 Å². The van der Waals surface area contributed by atoms with E-state index >= 15 is 0 Å². The molecular weight excluding hydrogens is 345 g/mol. The van der Waals surface area contributed by atoms with E-state index in [1.54, 1.807) is 17.1 Å². The molecule has 0 atom stereocenters. The van der Waals surface area contributed by atoms with E-state index in [1.165, 1.54) is 0 Å². The van der Waals surface area contributed by atoms with Crippen LogP contribution < -0.4 is 10.6 Å². The molecule has 2 aromatic carbocycles. The highest BCUT2D eigenvalue weighted by Gasteiger charge is 2.18. The number of hydrogen-bond donors (Lipinski definition) is 1. The number of rotatable bonds is 5. The number of aliphatic imine (C=N–C) groups is 1. The number of hydrazine groups is 1. The summed E-state index contributed by atoms with van der Waals surface area (Å²) in [6, 6.07) is 13.3. The van der Waals surface area contributed by atoms with Gasteiger partial charge in [0.05, 0.1) is 26.3 Å². The third kappa shape index (κ3) is 4.28. The van der Waals surface area contributed by atoms with Crippen LogP contribution in [0, 0.1) is 5.82 Å². The zero-order valence-electron chi connectivity index (χ0n) is 15.2. The van der Waals surface area contributed by atoms with E-state index in [4.69, 9.17) is 15.3 Å². The molecule has 0 spiro atoms. The van der Waals surface area contributed by atoms with Crippen LogP contribution in [0.15, 0.2) is 47.5 Å². The van der Waals surface area contributed by atoms with Crippen molar-refractivity contribution in [2.75, 3.05) is 26.3 Å². The van der Waals surface area contributed by atoms with Crippen molar-refractivity contribution in [1.82, 2.24) is 5.01 Å². The second kappa shape index (κ2) is 8.06. The average molecular weight is 369 g/mol. The lowest BCUT2D eigenvalue weighted by molar-refractivity contribution is 0.0240. The molecule has 0 aliphatic carbocycles. The number of ether oxygens (including phenoxy) is 2. The van der Waals surface area contributed by atoms with Crippen LogP contribution in [0.4, 0.5) is 4.39 Å². The summed E-state index contributed by atoms with van der Waals surface area (Å²) in [4.78, 5) is 4.42. The summed E-state index contributed by atoms with van der Waals surface area (Å²) in [6.45, 7) is 2.83. The summed E-state index contributed by atoms with van der Waals surface area (Å²) in [7, 11) is 0. The maximum atomic E-state index is 14.4. The van der Waals surface area contributed by atoms with Crippen molar-refractivity contribution in [3.8, 4) is 5.75 Å². The molecule has 0 radical (unpaired) electrons. The Bertz CT molecular complexity index is 817. The molecule has 4 rings (SSSR count). The molecule has 2 aromatic rings. The van der Waals surface area contributed by atoms with Crippen molar-refractivity contribution in [2.45, 2.75) is 25.4 Å².